The SMILES string of the molecule is CCC1CCCC(NCCN(C)C)(C(N)=O)C1. The highest BCUT2D eigenvalue weighted by molar-refractivity contribution is 5.84. The van der Waals surface area contributed by atoms with Crippen LogP contribution in [0.2, 0.25) is 0 Å². The Balaban J connectivity index is 2.58. The number of rotatable bonds is 6. The Labute approximate surface area is 105 Å². The summed E-state index contributed by atoms with van der Waals surface area (Å²) in [5.41, 5.74) is 5.17. The molecular formula is C13H27N3O. The van der Waals surface area contributed by atoms with Crippen molar-refractivity contribution in [2.75, 3.05) is 27.2 Å². The molecule has 0 aliphatic heterocycles. The van der Waals surface area contributed by atoms with Gasteiger partial charge in [0.1, 0.15) is 0 Å². The first-order valence-corrected chi connectivity index (χ1v) is 6.70. The number of nitrogens with two attached hydrogens (primary N) is 1. The van der Waals surface area contributed by atoms with Crippen LogP contribution in [0.15, 0.2) is 0 Å². The van der Waals surface area contributed by atoms with Gasteiger partial charge in [0, 0.05) is 13.1 Å². The molecule has 4 nitrogen and oxygen atoms in total. The molecule has 3 N–H and O–H groups in total. The van der Waals surface area contributed by atoms with Gasteiger partial charge < -0.3 is 16.0 Å². The van der Waals surface area contributed by atoms with Crippen LogP contribution in [0.1, 0.15) is 39.0 Å². The largest absolute Gasteiger partial charge is 0.368 e. The molecule has 0 saturated heterocycles. The predicted molar refractivity (Wildman–Crippen MR) is 70.7 cm³/mol. The topological polar surface area (TPSA) is 58.4 Å². The molecule has 1 amide bonds. The van der Waals surface area contributed by atoms with E-state index in [2.05, 4.69) is 17.1 Å². The maximum Gasteiger partial charge on any atom is 0.237 e. The van der Waals surface area contributed by atoms with Crippen molar-refractivity contribution >= 4 is 5.91 Å². The van der Waals surface area contributed by atoms with Gasteiger partial charge in [0.15, 0.2) is 0 Å². The lowest BCUT2D eigenvalue weighted by molar-refractivity contribution is -0.126. The van der Waals surface area contributed by atoms with E-state index in [9.17, 15) is 4.79 Å². The Morgan fingerprint density at radius 2 is 2.24 bits per heavy atom. The van der Waals surface area contributed by atoms with Crippen molar-refractivity contribution in [3.63, 3.8) is 0 Å². The third-order valence-corrected chi connectivity index (χ3v) is 3.92. The molecular weight excluding hydrogens is 214 g/mol. The fourth-order valence-electron chi connectivity index (χ4n) is 2.73. The first kappa shape index (κ1) is 14.5. The van der Waals surface area contributed by atoms with E-state index in [1.807, 2.05) is 14.1 Å². The van der Waals surface area contributed by atoms with Gasteiger partial charge in [-0.05, 0) is 32.9 Å². The summed E-state index contributed by atoms with van der Waals surface area (Å²) in [6.07, 6.45) is 5.29. The second-order valence-electron chi connectivity index (χ2n) is 5.55. The molecule has 0 radical (unpaired) electrons. The molecule has 0 aromatic rings. The standard InChI is InChI=1S/C13H27N3O/c1-4-11-6-5-7-13(10-11,12(14)17)15-8-9-16(2)3/h11,15H,4-10H2,1-3H3,(H2,14,17). The van der Waals surface area contributed by atoms with Gasteiger partial charge in [-0.25, -0.2) is 0 Å². The van der Waals surface area contributed by atoms with Crippen LogP contribution in [0.5, 0.6) is 0 Å². The number of amides is 1. The zero-order chi connectivity index (χ0) is 12.9. The fraction of sp³-hybridized carbons (Fsp3) is 0.923. The number of likely N-dealkylation sites (N-methyl/N-ethyl adjacent to an activating group) is 1. The van der Waals surface area contributed by atoms with Gasteiger partial charge in [0.25, 0.3) is 0 Å². The summed E-state index contributed by atoms with van der Waals surface area (Å²) in [6, 6.07) is 0. The Kier molecular flexibility index (Phi) is 5.40. The minimum atomic E-state index is -0.449. The number of carbonyl (C=O) groups excluding carboxylic acids is 1. The summed E-state index contributed by atoms with van der Waals surface area (Å²) in [4.78, 5) is 13.9. The molecule has 0 aromatic heterocycles. The fourth-order valence-corrected chi connectivity index (χ4v) is 2.73. The van der Waals surface area contributed by atoms with Gasteiger partial charge in [-0.2, -0.15) is 0 Å². The minimum absolute atomic E-state index is 0.172. The second kappa shape index (κ2) is 6.36. The van der Waals surface area contributed by atoms with Crippen LogP contribution < -0.4 is 11.1 Å². The predicted octanol–water partition coefficient (Wildman–Crippen LogP) is 0.962. The molecule has 100 valence electrons. The lowest BCUT2D eigenvalue weighted by atomic mass is 9.74. The maximum absolute atomic E-state index is 11.8. The molecule has 1 aliphatic carbocycles. The first-order valence-electron chi connectivity index (χ1n) is 6.70. The molecule has 1 saturated carbocycles. The van der Waals surface area contributed by atoms with Crippen LogP contribution in [-0.2, 0) is 4.79 Å². The Morgan fingerprint density at radius 1 is 1.53 bits per heavy atom. The van der Waals surface area contributed by atoms with Gasteiger partial charge in [0.05, 0.1) is 5.54 Å². The van der Waals surface area contributed by atoms with Crippen molar-refractivity contribution in [3.8, 4) is 0 Å². The zero-order valence-electron chi connectivity index (χ0n) is 11.5. The van der Waals surface area contributed by atoms with Crippen molar-refractivity contribution in [2.45, 2.75) is 44.6 Å². The van der Waals surface area contributed by atoms with Crippen LogP contribution in [0.4, 0.5) is 0 Å². The number of hydrogen-bond donors (Lipinski definition) is 2. The molecule has 0 aromatic carbocycles. The van der Waals surface area contributed by atoms with E-state index in [4.69, 9.17) is 5.73 Å². The summed E-state index contributed by atoms with van der Waals surface area (Å²) < 4.78 is 0. The number of primary amides is 1. The molecule has 1 rings (SSSR count). The Hall–Kier alpha value is -0.610. The molecule has 1 aliphatic rings. The third kappa shape index (κ3) is 3.96. The molecule has 0 spiro atoms. The number of nitrogens with one attached hydrogen (secondary N) is 1. The van der Waals surface area contributed by atoms with E-state index >= 15 is 0 Å². The summed E-state index contributed by atoms with van der Waals surface area (Å²) in [5, 5.41) is 3.41. The van der Waals surface area contributed by atoms with E-state index in [1.165, 1.54) is 6.42 Å². The molecule has 17 heavy (non-hydrogen) atoms. The van der Waals surface area contributed by atoms with Crippen LogP contribution in [0.3, 0.4) is 0 Å². The molecule has 1 fully saturated rings. The quantitative estimate of drug-likeness (QED) is 0.728. The van der Waals surface area contributed by atoms with Crippen LogP contribution in [0, 0.1) is 5.92 Å². The lowest BCUT2D eigenvalue weighted by Gasteiger charge is -2.39. The Morgan fingerprint density at radius 3 is 2.76 bits per heavy atom. The van der Waals surface area contributed by atoms with E-state index in [-0.39, 0.29) is 5.91 Å². The van der Waals surface area contributed by atoms with E-state index in [1.54, 1.807) is 0 Å². The molecule has 2 unspecified atom stereocenters. The van der Waals surface area contributed by atoms with Crippen molar-refractivity contribution in [1.82, 2.24) is 10.2 Å². The summed E-state index contributed by atoms with van der Waals surface area (Å²) in [7, 11) is 4.07. The highest BCUT2D eigenvalue weighted by Gasteiger charge is 2.40. The van der Waals surface area contributed by atoms with E-state index in [0.29, 0.717) is 5.92 Å². The van der Waals surface area contributed by atoms with Gasteiger partial charge >= 0.3 is 0 Å². The van der Waals surface area contributed by atoms with Gasteiger partial charge in [-0.3, -0.25) is 4.79 Å². The number of carbonyl (C=O) groups is 1. The van der Waals surface area contributed by atoms with E-state index in [0.717, 1.165) is 38.8 Å². The van der Waals surface area contributed by atoms with Crippen LogP contribution in [-0.4, -0.2) is 43.5 Å². The summed E-state index contributed by atoms with van der Waals surface area (Å²) >= 11 is 0. The van der Waals surface area contributed by atoms with Crippen molar-refractivity contribution < 1.29 is 4.79 Å². The average molecular weight is 241 g/mol. The highest BCUT2D eigenvalue weighted by Crippen LogP contribution is 2.33. The third-order valence-electron chi connectivity index (χ3n) is 3.92. The molecule has 0 heterocycles. The number of nitrogens with zero attached hydrogens (tertiary/aromatic N) is 1. The molecule has 2 atom stereocenters. The first-order chi connectivity index (χ1) is 8.00. The lowest BCUT2D eigenvalue weighted by Crippen LogP contribution is -2.58. The van der Waals surface area contributed by atoms with E-state index < -0.39 is 5.54 Å². The van der Waals surface area contributed by atoms with Gasteiger partial charge in [-0.15, -0.1) is 0 Å². The zero-order valence-corrected chi connectivity index (χ0v) is 11.5. The monoisotopic (exact) mass is 241 g/mol. The highest BCUT2D eigenvalue weighted by atomic mass is 16.1. The van der Waals surface area contributed by atoms with Crippen molar-refractivity contribution in [3.05, 3.63) is 0 Å². The molecule has 4 heteroatoms. The van der Waals surface area contributed by atoms with Crippen molar-refractivity contribution in [1.29, 1.82) is 0 Å². The Bertz CT molecular complexity index is 255. The smallest absolute Gasteiger partial charge is 0.237 e. The maximum atomic E-state index is 11.8. The van der Waals surface area contributed by atoms with Crippen molar-refractivity contribution in [2.24, 2.45) is 11.7 Å². The molecule has 0 bridgehead atoms. The summed E-state index contributed by atoms with van der Waals surface area (Å²) in [5.74, 6) is 0.470. The normalized spacial score (nSPS) is 29.5. The van der Waals surface area contributed by atoms with Gasteiger partial charge in [0.2, 0.25) is 5.91 Å². The minimum Gasteiger partial charge on any atom is -0.368 e. The van der Waals surface area contributed by atoms with Gasteiger partial charge in [-0.1, -0.05) is 26.2 Å². The number of hydrogen-bond acceptors (Lipinski definition) is 3. The van der Waals surface area contributed by atoms with Crippen LogP contribution in [0.25, 0.3) is 0 Å². The average Bonchev–Trinajstić information content (AvgIpc) is 2.28. The second-order valence-corrected chi connectivity index (χ2v) is 5.55. The summed E-state index contributed by atoms with van der Waals surface area (Å²) in [6.45, 7) is 3.96. The van der Waals surface area contributed by atoms with Crippen LogP contribution >= 0.6 is 0 Å².